The number of rotatable bonds is 6. The van der Waals surface area contributed by atoms with E-state index in [1.165, 1.54) is 0 Å². The quantitative estimate of drug-likeness (QED) is 0.768. The highest BCUT2D eigenvalue weighted by Gasteiger charge is 2.03. The lowest BCUT2D eigenvalue weighted by molar-refractivity contribution is 0.100. The van der Waals surface area contributed by atoms with Crippen LogP contribution < -0.4 is 11.1 Å². The first kappa shape index (κ1) is 12.5. The number of hydrogen-bond donors (Lipinski definition) is 2. The normalized spacial score (nSPS) is 12.1. The van der Waals surface area contributed by atoms with Crippen molar-refractivity contribution < 1.29 is 9.53 Å². The second-order valence-corrected chi connectivity index (χ2v) is 3.65. The number of carbonyl (C=O) groups is 1. The van der Waals surface area contributed by atoms with Crippen LogP contribution in [0.5, 0.6) is 0 Å². The molecule has 1 amide bonds. The Hall–Kier alpha value is -1.55. The monoisotopic (exact) mass is 222 g/mol. The summed E-state index contributed by atoms with van der Waals surface area (Å²) in [5.74, 6) is -0.408. The summed E-state index contributed by atoms with van der Waals surface area (Å²) in [6, 6.07) is 7.32. The van der Waals surface area contributed by atoms with Gasteiger partial charge in [0.2, 0.25) is 5.91 Å². The van der Waals surface area contributed by atoms with E-state index >= 15 is 0 Å². The lowest BCUT2D eigenvalue weighted by atomic mass is 10.2. The Labute approximate surface area is 95.8 Å². The van der Waals surface area contributed by atoms with Crippen LogP contribution in [0.25, 0.3) is 0 Å². The van der Waals surface area contributed by atoms with Gasteiger partial charge in [-0.2, -0.15) is 0 Å². The van der Waals surface area contributed by atoms with Crippen molar-refractivity contribution in [2.24, 2.45) is 5.73 Å². The molecule has 0 aliphatic rings. The maximum Gasteiger partial charge on any atom is 0.248 e. The minimum Gasteiger partial charge on any atom is -0.380 e. The van der Waals surface area contributed by atoms with Crippen LogP contribution in [0.4, 0.5) is 5.69 Å². The largest absolute Gasteiger partial charge is 0.380 e. The Bertz CT molecular complexity index is 335. The Morgan fingerprint density at radius 1 is 1.44 bits per heavy atom. The van der Waals surface area contributed by atoms with Gasteiger partial charge in [-0.3, -0.25) is 4.79 Å². The fourth-order valence-electron chi connectivity index (χ4n) is 1.35. The Balaban J connectivity index is 2.51. The SMILES string of the molecule is CCOC[C@H](C)Nc1ccc(C(N)=O)cc1. The molecule has 4 heteroatoms. The van der Waals surface area contributed by atoms with Gasteiger partial charge in [0.05, 0.1) is 6.61 Å². The number of hydrogen-bond acceptors (Lipinski definition) is 3. The zero-order valence-electron chi connectivity index (χ0n) is 9.69. The molecule has 0 fully saturated rings. The number of benzene rings is 1. The molecule has 0 saturated carbocycles. The topological polar surface area (TPSA) is 64.3 Å². The standard InChI is InChI=1S/C12H18N2O2/c1-3-16-8-9(2)14-11-6-4-10(5-7-11)12(13)15/h4-7,9,14H,3,8H2,1-2H3,(H2,13,15)/t9-/m0/s1. The molecule has 0 saturated heterocycles. The predicted octanol–water partition coefficient (Wildman–Crippen LogP) is 1.62. The van der Waals surface area contributed by atoms with Crippen molar-refractivity contribution in [2.45, 2.75) is 19.9 Å². The summed E-state index contributed by atoms with van der Waals surface area (Å²) in [6.45, 7) is 5.38. The van der Waals surface area contributed by atoms with Gasteiger partial charge in [0.25, 0.3) is 0 Å². The van der Waals surface area contributed by atoms with E-state index in [0.717, 1.165) is 5.69 Å². The molecule has 0 radical (unpaired) electrons. The second-order valence-electron chi connectivity index (χ2n) is 3.65. The number of carbonyl (C=O) groups excluding carboxylic acids is 1. The van der Waals surface area contributed by atoms with E-state index in [4.69, 9.17) is 10.5 Å². The molecule has 4 nitrogen and oxygen atoms in total. The van der Waals surface area contributed by atoms with E-state index in [1.54, 1.807) is 12.1 Å². The maximum absolute atomic E-state index is 10.9. The van der Waals surface area contributed by atoms with Gasteiger partial charge >= 0.3 is 0 Å². The molecule has 0 aliphatic heterocycles. The van der Waals surface area contributed by atoms with Crippen molar-refractivity contribution in [1.29, 1.82) is 0 Å². The van der Waals surface area contributed by atoms with Gasteiger partial charge in [0, 0.05) is 23.9 Å². The molecule has 1 aromatic rings. The smallest absolute Gasteiger partial charge is 0.248 e. The molecular weight excluding hydrogens is 204 g/mol. The lowest BCUT2D eigenvalue weighted by Crippen LogP contribution is -2.21. The van der Waals surface area contributed by atoms with Crippen LogP contribution in [0.2, 0.25) is 0 Å². The van der Waals surface area contributed by atoms with Gasteiger partial charge in [-0.1, -0.05) is 0 Å². The first-order chi connectivity index (χ1) is 7.63. The first-order valence-electron chi connectivity index (χ1n) is 5.37. The van der Waals surface area contributed by atoms with Crippen molar-refractivity contribution in [2.75, 3.05) is 18.5 Å². The van der Waals surface area contributed by atoms with Gasteiger partial charge in [-0.15, -0.1) is 0 Å². The zero-order chi connectivity index (χ0) is 12.0. The fraction of sp³-hybridized carbons (Fsp3) is 0.417. The minimum absolute atomic E-state index is 0.236. The minimum atomic E-state index is -0.408. The van der Waals surface area contributed by atoms with Crippen molar-refractivity contribution >= 4 is 11.6 Å². The number of anilines is 1. The summed E-state index contributed by atoms with van der Waals surface area (Å²) < 4.78 is 5.29. The fourth-order valence-corrected chi connectivity index (χ4v) is 1.35. The lowest BCUT2D eigenvalue weighted by Gasteiger charge is -2.14. The van der Waals surface area contributed by atoms with Crippen molar-refractivity contribution in [3.63, 3.8) is 0 Å². The third-order valence-corrected chi connectivity index (χ3v) is 2.15. The Kier molecular flexibility index (Phi) is 4.79. The maximum atomic E-state index is 10.9. The molecular formula is C12H18N2O2. The molecule has 0 unspecified atom stereocenters. The predicted molar refractivity (Wildman–Crippen MR) is 64.5 cm³/mol. The van der Waals surface area contributed by atoms with E-state index < -0.39 is 5.91 Å². The van der Waals surface area contributed by atoms with Crippen molar-refractivity contribution in [3.05, 3.63) is 29.8 Å². The van der Waals surface area contributed by atoms with E-state index in [2.05, 4.69) is 5.32 Å². The second kappa shape index (κ2) is 6.12. The summed E-state index contributed by atoms with van der Waals surface area (Å²) in [5, 5.41) is 3.27. The summed E-state index contributed by atoms with van der Waals surface area (Å²) >= 11 is 0. The molecule has 0 bridgehead atoms. The number of amides is 1. The summed E-state index contributed by atoms with van der Waals surface area (Å²) in [7, 11) is 0. The van der Waals surface area contributed by atoms with Gasteiger partial charge in [0.1, 0.15) is 0 Å². The third-order valence-electron chi connectivity index (χ3n) is 2.15. The third kappa shape index (κ3) is 3.90. The van der Waals surface area contributed by atoms with E-state index in [-0.39, 0.29) is 6.04 Å². The van der Waals surface area contributed by atoms with Crippen LogP contribution in [-0.4, -0.2) is 25.2 Å². The highest BCUT2D eigenvalue weighted by Crippen LogP contribution is 2.10. The average Bonchev–Trinajstić information content (AvgIpc) is 2.27. The van der Waals surface area contributed by atoms with Crippen LogP contribution in [0, 0.1) is 0 Å². The molecule has 0 spiro atoms. The van der Waals surface area contributed by atoms with Crippen molar-refractivity contribution in [1.82, 2.24) is 0 Å². The zero-order valence-corrected chi connectivity index (χ0v) is 9.69. The van der Waals surface area contributed by atoms with E-state index in [1.807, 2.05) is 26.0 Å². The number of ether oxygens (including phenoxy) is 1. The highest BCUT2D eigenvalue weighted by atomic mass is 16.5. The van der Waals surface area contributed by atoms with Gasteiger partial charge in [0.15, 0.2) is 0 Å². The Morgan fingerprint density at radius 2 is 2.06 bits per heavy atom. The average molecular weight is 222 g/mol. The van der Waals surface area contributed by atoms with E-state index in [9.17, 15) is 4.79 Å². The molecule has 0 aliphatic carbocycles. The molecule has 1 aromatic carbocycles. The summed E-state index contributed by atoms with van der Waals surface area (Å²) in [6.07, 6.45) is 0. The molecule has 0 heterocycles. The molecule has 1 atom stereocenters. The Morgan fingerprint density at radius 3 is 2.56 bits per heavy atom. The van der Waals surface area contributed by atoms with Crippen LogP contribution in [0.15, 0.2) is 24.3 Å². The van der Waals surface area contributed by atoms with Gasteiger partial charge < -0.3 is 15.8 Å². The van der Waals surface area contributed by atoms with Crippen LogP contribution >= 0.6 is 0 Å². The molecule has 88 valence electrons. The number of primary amides is 1. The first-order valence-corrected chi connectivity index (χ1v) is 5.37. The van der Waals surface area contributed by atoms with Crippen molar-refractivity contribution in [3.8, 4) is 0 Å². The van der Waals surface area contributed by atoms with Gasteiger partial charge in [-0.25, -0.2) is 0 Å². The van der Waals surface area contributed by atoms with Crippen LogP contribution in [-0.2, 0) is 4.74 Å². The molecule has 16 heavy (non-hydrogen) atoms. The summed E-state index contributed by atoms with van der Waals surface area (Å²) in [5.41, 5.74) is 6.62. The van der Waals surface area contributed by atoms with E-state index in [0.29, 0.717) is 18.8 Å². The highest BCUT2D eigenvalue weighted by molar-refractivity contribution is 5.93. The molecule has 1 rings (SSSR count). The summed E-state index contributed by atoms with van der Waals surface area (Å²) in [4.78, 5) is 10.9. The molecule has 0 aromatic heterocycles. The van der Waals surface area contributed by atoms with Crippen LogP contribution in [0.3, 0.4) is 0 Å². The van der Waals surface area contributed by atoms with Crippen LogP contribution in [0.1, 0.15) is 24.2 Å². The number of nitrogens with two attached hydrogens (primary N) is 1. The molecule has 3 N–H and O–H groups in total. The number of nitrogens with one attached hydrogen (secondary N) is 1. The van der Waals surface area contributed by atoms with Gasteiger partial charge in [-0.05, 0) is 38.1 Å².